The van der Waals surface area contributed by atoms with Gasteiger partial charge in [0, 0.05) is 35.9 Å². The van der Waals surface area contributed by atoms with E-state index in [1.165, 1.54) is 16.4 Å². The molecule has 8 heteroatoms. The van der Waals surface area contributed by atoms with Crippen molar-refractivity contribution >= 4 is 33.2 Å². The first-order chi connectivity index (χ1) is 14.9. The Morgan fingerprint density at radius 2 is 1.45 bits per heavy atom. The second-order valence-corrected chi connectivity index (χ2v) is 10.1. The molecule has 0 spiro atoms. The number of hydrogen-bond acceptors (Lipinski definition) is 4. The van der Waals surface area contributed by atoms with Gasteiger partial charge >= 0.3 is 0 Å². The number of carbonyl (C=O) groups excluding carboxylic acids is 2. The van der Waals surface area contributed by atoms with Crippen LogP contribution in [0.4, 0.5) is 11.4 Å². The predicted molar refractivity (Wildman–Crippen MR) is 119 cm³/mol. The molecular weight excluding hydrogens is 414 g/mol. The Kier molecular flexibility index (Phi) is 6.38. The highest BCUT2D eigenvalue weighted by molar-refractivity contribution is 7.89. The fourth-order valence-corrected chi connectivity index (χ4v) is 5.22. The number of anilines is 2. The van der Waals surface area contributed by atoms with Gasteiger partial charge in [0.25, 0.3) is 5.91 Å². The Labute approximate surface area is 182 Å². The Morgan fingerprint density at radius 1 is 0.839 bits per heavy atom. The fraction of sp³-hybridized carbons (Fsp3) is 0.391. The van der Waals surface area contributed by atoms with Crippen molar-refractivity contribution in [1.29, 1.82) is 0 Å². The number of carbonyl (C=O) groups is 2. The van der Waals surface area contributed by atoms with Gasteiger partial charge in [-0.15, -0.1) is 0 Å². The number of amides is 2. The highest BCUT2D eigenvalue weighted by Crippen LogP contribution is 2.30. The Hall–Kier alpha value is -2.71. The minimum absolute atomic E-state index is 0.0271. The van der Waals surface area contributed by atoms with Gasteiger partial charge in [0.15, 0.2) is 0 Å². The molecule has 0 bridgehead atoms. The highest BCUT2D eigenvalue weighted by Gasteiger charge is 2.29. The van der Waals surface area contributed by atoms with Crippen LogP contribution in [0.25, 0.3) is 0 Å². The van der Waals surface area contributed by atoms with Crippen LogP contribution >= 0.6 is 0 Å². The van der Waals surface area contributed by atoms with Crippen molar-refractivity contribution in [2.75, 3.05) is 23.7 Å². The molecule has 31 heavy (non-hydrogen) atoms. The first-order valence-corrected chi connectivity index (χ1v) is 12.2. The maximum Gasteiger partial charge on any atom is 0.255 e. The van der Waals surface area contributed by atoms with Crippen molar-refractivity contribution in [1.82, 2.24) is 4.31 Å². The highest BCUT2D eigenvalue weighted by atomic mass is 32.2. The molecular formula is C23H27N3O4S. The van der Waals surface area contributed by atoms with Crippen molar-refractivity contribution in [2.45, 2.75) is 43.4 Å². The molecule has 2 N–H and O–H groups in total. The van der Waals surface area contributed by atoms with Crippen LogP contribution in [0.15, 0.2) is 53.4 Å². The lowest BCUT2D eigenvalue weighted by Crippen LogP contribution is -2.32. The van der Waals surface area contributed by atoms with Crippen LogP contribution in [0.2, 0.25) is 0 Å². The van der Waals surface area contributed by atoms with Gasteiger partial charge in [-0.1, -0.05) is 18.9 Å². The second kappa shape index (κ2) is 9.20. The quantitative estimate of drug-likeness (QED) is 0.712. The monoisotopic (exact) mass is 441 g/mol. The van der Waals surface area contributed by atoms with Gasteiger partial charge in [-0.3, -0.25) is 9.59 Å². The Balaban J connectivity index is 1.43. The van der Waals surface area contributed by atoms with Gasteiger partial charge < -0.3 is 10.6 Å². The summed E-state index contributed by atoms with van der Waals surface area (Å²) in [6.45, 7) is 1.03. The molecule has 1 aliphatic heterocycles. The molecule has 164 valence electrons. The van der Waals surface area contributed by atoms with E-state index in [0.717, 1.165) is 38.5 Å². The molecule has 7 nitrogen and oxygen atoms in total. The molecule has 1 heterocycles. The molecule has 1 aliphatic carbocycles. The van der Waals surface area contributed by atoms with E-state index in [-0.39, 0.29) is 28.2 Å². The lowest BCUT2D eigenvalue weighted by molar-refractivity contribution is -0.117. The number of nitrogens with zero attached hydrogens (tertiary/aromatic N) is 1. The number of benzene rings is 2. The predicted octanol–water partition coefficient (Wildman–Crippen LogP) is 3.85. The first kappa shape index (κ1) is 21.5. The van der Waals surface area contributed by atoms with E-state index in [4.69, 9.17) is 0 Å². The first-order valence-electron chi connectivity index (χ1n) is 10.8. The molecule has 4 rings (SSSR count). The van der Waals surface area contributed by atoms with Crippen molar-refractivity contribution < 1.29 is 18.0 Å². The van der Waals surface area contributed by atoms with Gasteiger partial charge in [-0.05, 0) is 68.1 Å². The van der Waals surface area contributed by atoms with Crippen LogP contribution in [0.1, 0.15) is 48.9 Å². The van der Waals surface area contributed by atoms with E-state index in [2.05, 4.69) is 10.6 Å². The molecule has 0 aromatic heterocycles. The minimum Gasteiger partial charge on any atom is -0.326 e. The van der Waals surface area contributed by atoms with Crippen molar-refractivity contribution in [3.63, 3.8) is 0 Å². The normalized spacial score (nSPS) is 17.5. The minimum atomic E-state index is -3.62. The van der Waals surface area contributed by atoms with Crippen molar-refractivity contribution in [3.8, 4) is 0 Å². The molecule has 0 atom stereocenters. The number of nitrogens with one attached hydrogen (secondary N) is 2. The summed E-state index contributed by atoms with van der Waals surface area (Å²) in [7, 11) is -3.62. The van der Waals surface area contributed by atoms with E-state index in [9.17, 15) is 18.0 Å². The maximum atomic E-state index is 13.0. The fourth-order valence-electron chi connectivity index (χ4n) is 3.66. The summed E-state index contributed by atoms with van der Waals surface area (Å²) >= 11 is 0. The third-order valence-corrected chi connectivity index (χ3v) is 7.55. The summed E-state index contributed by atoms with van der Waals surface area (Å²) in [6.07, 6.45) is 5.67. The van der Waals surface area contributed by atoms with Gasteiger partial charge in [0.1, 0.15) is 0 Å². The molecule has 2 aromatic carbocycles. The third-order valence-electron chi connectivity index (χ3n) is 5.66. The molecule has 2 fully saturated rings. The average molecular weight is 442 g/mol. The van der Waals surface area contributed by atoms with Gasteiger partial charge in [-0.2, -0.15) is 4.31 Å². The molecule has 2 aliphatic rings. The molecule has 0 unspecified atom stereocenters. The lowest BCUT2D eigenvalue weighted by atomic mass is 10.2. The molecule has 2 aromatic rings. The summed E-state index contributed by atoms with van der Waals surface area (Å²) < 4.78 is 27.5. The maximum absolute atomic E-state index is 13.0. The summed E-state index contributed by atoms with van der Waals surface area (Å²) in [5.74, 6) is -0.237. The van der Waals surface area contributed by atoms with Gasteiger partial charge in [0.2, 0.25) is 15.9 Å². The van der Waals surface area contributed by atoms with E-state index >= 15 is 0 Å². The van der Waals surface area contributed by atoms with Crippen LogP contribution in [0.3, 0.4) is 0 Å². The van der Waals surface area contributed by atoms with Gasteiger partial charge in [0.05, 0.1) is 4.90 Å². The van der Waals surface area contributed by atoms with Crippen LogP contribution in [0.5, 0.6) is 0 Å². The van der Waals surface area contributed by atoms with E-state index in [1.807, 2.05) is 0 Å². The van der Waals surface area contributed by atoms with E-state index in [0.29, 0.717) is 24.5 Å². The Bertz CT molecular complexity index is 1050. The van der Waals surface area contributed by atoms with Crippen LogP contribution in [-0.4, -0.2) is 37.6 Å². The summed E-state index contributed by atoms with van der Waals surface area (Å²) in [5.41, 5.74) is 1.53. The van der Waals surface area contributed by atoms with E-state index < -0.39 is 10.0 Å². The molecule has 0 radical (unpaired) electrons. The third kappa shape index (κ3) is 5.32. The SMILES string of the molecule is O=C(Nc1ccc(NC(=O)C2CC2)cc1)c1cccc(S(=O)(=O)N2CCCCCC2)c1. The van der Waals surface area contributed by atoms with Crippen molar-refractivity contribution in [3.05, 3.63) is 54.1 Å². The zero-order valence-electron chi connectivity index (χ0n) is 17.3. The molecule has 1 saturated carbocycles. The zero-order chi connectivity index (χ0) is 21.8. The molecule has 2 amide bonds. The Morgan fingerprint density at radius 3 is 2.06 bits per heavy atom. The summed E-state index contributed by atoms with van der Waals surface area (Å²) in [5, 5.41) is 5.63. The smallest absolute Gasteiger partial charge is 0.255 e. The average Bonchev–Trinajstić information content (AvgIpc) is 3.62. The summed E-state index contributed by atoms with van der Waals surface area (Å²) in [6, 6.07) is 13.0. The standard InChI is InChI=1S/C23H27N3O4S/c27-22(17-8-9-17)24-19-10-12-20(13-11-19)25-23(28)18-6-5-7-21(16-18)31(29,30)26-14-3-1-2-4-15-26/h5-7,10-13,16-17H,1-4,8-9,14-15H2,(H,24,27)(H,25,28). The van der Waals surface area contributed by atoms with Crippen LogP contribution < -0.4 is 10.6 Å². The topological polar surface area (TPSA) is 95.6 Å². The number of hydrogen-bond donors (Lipinski definition) is 2. The molecule has 1 saturated heterocycles. The van der Waals surface area contributed by atoms with Crippen molar-refractivity contribution in [2.24, 2.45) is 5.92 Å². The van der Waals surface area contributed by atoms with Crippen LogP contribution in [-0.2, 0) is 14.8 Å². The lowest BCUT2D eigenvalue weighted by Gasteiger charge is -2.20. The largest absolute Gasteiger partial charge is 0.326 e. The summed E-state index contributed by atoms with van der Waals surface area (Å²) in [4.78, 5) is 24.7. The number of sulfonamides is 1. The second-order valence-electron chi connectivity index (χ2n) is 8.14. The van der Waals surface area contributed by atoms with Gasteiger partial charge in [-0.25, -0.2) is 8.42 Å². The zero-order valence-corrected chi connectivity index (χ0v) is 18.2. The van der Waals surface area contributed by atoms with E-state index in [1.54, 1.807) is 36.4 Å². The number of rotatable bonds is 6. The van der Waals surface area contributed by atoms with Crippen LogP contribution in [0, 0.1) is 5.92 Å².